The van der Waals surface area contributed by atoms with Crippen molar-refractivity contribution in [3.05, 3.63) is 99.4 Å². The molecule has 40 heavy (non-hydrogen) atoms. The molecule has 0 bridgehead atoms. The predicted octanol–water partition coefficient (Wildman–Crippen LogP) is 8.96. The zero-order chi connectivity index (χ0) is 28.0. The van der Waals surface area contributed by atoms with Crippen LogP contribution in [-0.4, -0.2) is 23.2 Å². The maximum absolute atomic E-state index is 6.95. The van der Waals surface area contributed by atoms with Gasteiger partial charge in [0.25, 0.3) is 0 Å². The largest absolute Gasteiger partial charge is 0.459 e. The van der Waals surface area contributed by atoms with Gasteiger partial charge in [-0.15, -0.1) is 0 Å². The van der Waals surface area contributed by atoms with Crippen LogP contribution < -0.4 is 15.1 Å². The number of rotatable bonds is 5. The number of hydrogen-bond acceptors (Lipinski definition) is 4. The minimum atomic E-state index is -0.314. The summed E-state index contributed by atoms with van der Waals surface area (Å²) in [5.74, 6) is 2.59. The quantitative estimate of drug-likeness (QED) is 0.227. The topological polar surface area (TPSA) is 44.5 Å². The van der Waals surface area contributed by atoms with Crippen molar-refractivity contribution in [2.45, 2.75) is 32.4 Å². The normalized spacial score (nSPS) is 23.0. The highest BCUT2D eigenvalue weighted by Crippen LogP contribution is 2.45. The molecular formula is C31H29Cl3N4OS. The molecule has 6 rings (SSSR count). The maximum atomic E-state index is 6.95. The molecule has 2 aliphatic heterocycles. The number of hydrogen-bond donors (Lipinski definition) is 1. The number of anilines is 2. The molecule has 0 unspecified atom stereocenters. The van der Waals surface area contributed by atoms with Crippen LogP contribution in [0.2, 0.25) is 15.1 Å². The fraction of sp³-hybridized carbons (Fsp3) is 0.290. The maximum Gasteiger partial charge on any atom is 0.174 e. The van der Waals surface area contributed by atoms with Crippen LogP contribution in [0, 0.1) is 11.8 Å². The van der Waals surface area contributed by atoms with Crippen molar-refractivity contribution in [2.24, 2.45) is 11.8 Å². The molecule has 1 N–H and O–H groups in total. The van der Waals surface area contributed by atoms with E-state index in [1.54, 1.807) is 12.3 Å². The Labute approximate surface area is 255 Å². The summed E-state index contributed by atoms with van der Waals surface area (Å²) in [6.07, 6.45) is 3.02. The van der Waals surface area contributed by atoms with Crippen LogP contribution in [0.3, 0.4) is 0 Å². The molecule has 2 aromatic heterocycles. The number of nitrogens with zero attached hydrogens (tertiary/aromatic N) is 3. The van der Waals surface area contributed by atoms with Gasteiger partial charge < -0.3 is 19.5 Å². The van der Waals surface area contributed by atoms with E-state index in [1.165, 1.54) is 6.42 Å². The number of pyridine rings is 1. The number of halogens is 3. The molecule has 4 atom stereocenters. The van der Waals surface area contributed by atoms with Crippen molar-refractivity contribution in [3.8, 4) is 11.3 Å². The Kier molecular flexibility index (Phi) is 7.71. The third-order valence-electron chi connectivity index (χ3n) is 7.65. The van der Waals surface area contributed by atoms with Crippen molar-refractivity contribution >= 4 is 63.5 Å². The second-order valence-electron chi connectivity index (χ2n) is 10.8. The first-order chi connectivity index (χ1) is 19.3. The number of piperidine rings is 1. The SMILES string of the molecule is C[C@@H]1C[C@H](C)CN(c2ccc(N3C(=S)N[C@H](c4ccccn4)[C@H]3c3ccc(-c4cccc(Cl)c4Cl)o3)cc2Cl)C1. The van der Waals surface area contributed by atoms with E-state index in [-0.39, 0.29) is 12.1 Å². The van der Waals surface area contributed by atoms with Gasteiger partial charge >= 0.3 is 0 Å². The van der Waals surface area contributed by atoms with Crippen LogP contribution in [0.4, 0.5) is 11.4 Å². The molecule has 4 heterocycles. The summed E-state index contributed by atoms with van der Waals surface area (Å²) in [5, 5.41) is 5.68. The van der Waals surface area contributed by atoms with Gasteiger partial charge in [-0.05, 0) is 85.1 Å². The Bertz CT molecular complexity index is 1530. The zero-order valence-electron chi connectivity index (χ0n) is 22.2. The van der Waals surface area contributed by atoms with Gasteiger partial charge in [0.1, 0.15) is 17.6 Å². The number of furan rings is 1. The van der Waals surface area contributed by atoms with E-state index in [0.717, 1.165) is 35.7 Å². The van der Waals surface area contributed by atoms with Gasteiger partial charge in [-0.25, -0.2) is 0 Å². The molecule has 0 aliphatic carbocycles. The lowest BCUT2D eigenvalue weighted by Crippen LogP contribution is -2.38. The van der Waals surface area contributed by atoms with Crippen molar-refractivity contribution in [1.29, 1.82) is 0 Å². The molecule has 0 saturated carbocycles. The number of nitrogens with one attached hydrogen (secondary N) is 1. The summed E-state index contributed by atoms with van der Waals surface area (Å²) in [4.78, 5) is 9.09. The van der Waals surface area contributed by atoms with Gasteiger partial charge in [0, 0.05) is 30.5 Å². The van der Waals surface area contributed by atoms with Crippen LogP contribution in [0.1, 0.15) is 43.8 Å². The number of aromatic nitrogens is 1. The molecule has 0 amide bonds. The van der Waals surface area contributed by atoms with Crippen LogP contribution in [0.5, 0.6) is 0 Å². The first-order valence-electron chi connectivity index (χ1n) is 13.4. The standard InChI is InChI=1S/C31H29Cl3N4OS/c1-18-14-19(2)17-37(16-18)25-10-9-20(15-23(25)33)38-30(29(36-31(38)40)24-8-3-4-13-35-24)27-12-11-26(39-27)21-6-5-7-22(32)28(21)34/h3-13,15,18-19,29-30H,14,16-17H2,1-2H3,(H,36,40)/t18-,19+,29-,30-/m1/s1. The van der Waals surface area contributed by atoms with Crippen LogP contribution in [-0.2, 0) is 0 Å². The van der Waals surface area contributed by atoms with E-state index in [4.69, 9.17) is 51.4 Å². The highest BCUT2D eigenvalue weighted by Gasteiger charge is 2.43. The summed E-state index contributed by atoms with van der Waals surface area (Å²) in [6.45, 7) is 6.60. The van der Waals surface area contributed by atoms with E-state index in [9.17, 15) is 0 Å². The average Bonchev–Trinajstić information content (AvgIpc) is 3.54. The minimum Gasteiger partial charge on any atom is -0.459 e. The summed E-state index contributed by atoms with van der Waals surface area (Å²) in [6, 6.07) is 20.9. The van der Waals surface area contributed by atoms with Gasteiger partial charge in [0.15, 0.2) is 5.11 Å². The Morgan fingerprint density at radius 2 is 1.73 bits per heavy atom. The average molecular weight is 612 g/mol. The van der Waals surface area contributed by atoms with E-state index < -0.39 is 0 Å². The van der Waals surface area contributed by atoms with Gasteiger partial charge in [-0.3, -0.25) is 4.98 Å². The second-order valence-corrected chi connectivity index (χ2v) is 12.4. The molecule has 4 aromatic rings. The van der Waals surface area contributed by atoms with Gasteiger partial charge in [0.2, 0.25) is 0 Å². The van der Waals surface area contributed by atoms with Gasteiger partial charge in [-0.1, -0.05) is 60.8 Å². The summed E-state index contributed by atoms with van der Waals surface area (Å²) in [5.41, 5.74) is 3.52. The van der Waals surface area contributed by atoms with Crippen LogP contribution >= 0.6 is 47.0 Å². The molecule has 206 valence electrons. The summed E-state index contributed by atoms with van der Waals surface area (Å²) >= 11 is 25.7. The Morgan fingerprint density at radius 3 is 2.45 bits per heavy atom. The summed E-state index contributed by atoms with van der Waals surface area (Å²) < 4.78 is 6.46. The molecular weight excluding hydrogens is 583 g/mol. The fourth-order valence-electron chi connectivity index (χ4n) is 6.03. The van der Waals surface area contributed by atoms with E-state index >= 15 is 0 Å². The molecule has 2 fully saturated rings. The lowest BCUT2D eigenvalue weighted by atomic mass is 9.91. The Hall–Kier alpha value is -2.77. The first kappa shape index (κ1) is 27.4. The first-order valence-corrected chi connectivity index (χ1v) is 14.9. The van der Waals surface area contributed by atoms with Gasteiger partial charge in [0.05, 0.1) is 32.5 Å². The highest BCUT2D eigenvalue weighted by molar-refractivity contribution is 7.80. The van der Waals surface area contributed by atoms with E-state index in [2.05, 4.69) is 46.1 Å². The van der Waals surface area contributed by atoms with Crippen molar-refractivity contribution in [3.63, 3.8) is 0 Å². The summed E-state index contributed by atoms with van der Waals surface area (Å²) in [7, 11) is 0. The lowest BCUT2D eigenvalue weighted by Gasteiger charge is -2.37. The lowest BCUT2D eigenvalue weighted by molar-refractivity contribution is 0.357. The molecule has 2 saturated heterocycles. The highest BCUT2D eigenvalue weighted by atomic mass is 35.5. The predicted molar refractivity (Wildman–Crippen MR) is 169 cm³/mol. The van der Waals surface area contributed by atoms with Crippen LogP contribution in [0.15, 0.2) is 77.3 Å². The zero-order valence-corrected chi connectivity index (χ0v) is 25.2. The van der Waals surface area contributed by atoms with Crippen molar-refractivity contribution in [1.82, 2.24) is 10.3 Å². The minimum absolute atomic E-state index is 0.246. The van der Waals surface area contributed by atoms with E-state index in [1.807, 2.05) is 48.5 Å². The number of thiocarbonyl (C=S) groups is 1. The smallest absolute Gasteiger partial charge is 0.174 e. The Morgan fingerprint density at radius 1 is 0.925 bits per heavy atom. The van der Waals surface area contributed by atoms with Crippen LogP contribution in [0.25, 0.3) is 11.3 Å². The molecule has 0 spiro atoms. The monoisotopic (exact) mass is 610 g/mol. The van der Waals surface area contributed by atoms with Gasteiger partial charge in [-0.2, -0.15) is 0 Å². The van der Waals surface area contributed by atoms with Crippen molar-refractivity contribution < 1.29 is 4.42 Å². The molecule has 0 radical (unpaired) electrons. The van der Waals surface area contributed by atoms with Crippen molar-refractivity contribution in [2.75, 3.05) is 22.9 Å². The molecule has 2 aromatic carbocycles. The molecule has 9 heteroatoms. The Balaban J connectivity index is 1.40. The third kappa shape index (κ3) is 5.18. The molecule has 5 nitrogen and oxygen atoms in total. The fourth-order valence-corrected chi connectivity index (χ4v) is 7.07. The third-order valence-corrected chi connectivity index (χ3v) is 9.09. The number of benzene rings is 2. The van der Waals surface area contributed by atoms with E-state index in [0.29, 0.717) is 43.5 Å². The second kappa shape index (κ2) is 11.2. The molecule has 2 aliphatic rings.